The van der Waals surface area contributed by atoms with Crippen LogP contribution >= 0.6 is 12.4 Å². The fourth-order valence-electron chi connectivity index (χ4n) is 1.95. The van der Waals surface area contributed by atoms with Gasteiger partial charge in [-0.15, -0.1) is 12.4 Å². The lowest BCUT2D eigenvalue weighted by Crippen LogP contribution is -2.14. The van der Waals surface area contributed by atoms with Gasteiger partial charge in [-0.3, -0.25) is 4.79 Å². The monoisotopic (exact) mass is 332 g/mol. The van der Waals surface area contributed by atoms with Crippen molar-refractivity contribution in [3.05, 3.63) is 24.0 Å². The third-order valence-electron chi connectivity index (χ3n) is 2.94. The van der Waals surface area contributed by atoms with Crippen molar-refractivity contribution in [2.45, 2.75) is 52.1 Å². The fourth-order valence-corrected chi connectivity index (χ4v) is 1.95. The summed E-state index contributed by atoms with van der Waals surface area (Å²) in [7, 11) is 0. The highest BCUT2D eigenvalue weighted by molar-refractivity contribution is 5.92. The van der Waals surface area contributed by atoms with Gasteiger partial charge in [-0.1, -0.05) is 12.8 Å². The summed E-state index contributed by atoms with van der Waals surface area (Å²) < 4.78 is 18.9. The first-order valence-corrected chi connectivity index (χ1v) is 7.49. The first-order valence-electron chi connectivity index (χ1n) is 7.49. The Balaban J connectivity index is 0.00000441. The topological polar surface area (TPSA) is 64.3 Å². The lowest BCUT2D eigenvalue weighted by atomic mass is 10.1. The third kappa shape index (κ3) is 8.20. The number of unbranched alkanes of at least 4 members (excludes halogenated alkanes) is 3. The van der Waals surface area contributed by atoms with Crippen LogP contribution in [0.25, 0.3) is 0 Å². The third-order valence-corrected chi connectivity index (χ3v) is 2.94. The second-order valence-electron chi connectivity index (χ2n) is 5.31. The molecule has 0 saturated heterocycles. The molecule has 0 saturated carbocycles. The molecule has 0 bridgehead atoms. The predicted molar refractivity (Wildman–Crippen MR) is 90.2 cm³/mol. The van der Waals surface area contributed by atoms with Crippen LogP contribution in [0.4, 0.5) is 10.1 Å². The van der Waals surface area contributed by atoms with Crippen LogP contribution in [0.15, 0.2) is 18.2 Å². The largest absolute Gasteiger partial charge is 0.489 e. The van der Waals surface area contributed by atoms with Crippen molar-refractivity contribution < 1.29 is 13.9 Å². The van der Waals surface area contributed by atoms with E-state index in [0.29, 0.717) is 24.4 Å². The molecule has 0 aromatic heterocycles. The molecule has 22 heavy (non-hydrogen) atoms. The molecular formula is C16H26ClFN2O2. The zero-order valence-corrected chi connectivity index (χ0v) is 14.0. The van der Waals surface area contributed by atoms with E-state index in [9.17, 15) is 9.18 Å². The summed E-state index contributed by atoms with van der Waals surface area (Å²) in [5.74, 6) is -0.0332. The highest BCUT2D eigenvalue weighted by Crippen LogP contribution is 2.26. The molecule has 0 heterocycles. The van der Waals surface area contributed by atoms with Crippen molar-refractivity contribution in [1.82, 2.24) is 0 Å². The highest BCUT2D eigenvalue weighted by atomic mass is 35.5. The average Bonchev–Trinajstić information content (AvgIpc) is 2.41. The van der Waals surface area contributed by atoms with Crippen LogP contribution in [0.2, 0.25) is 0 Å². The number of rotatable bonds is 9. The molecule has 0 aliphatic carbocycles. The zero-order valence-electron chi connectivity index (χ0n) is 13.2. The molecule has 0 radical (unpaired) electrons. The smallest absolute Gasteiger partial charge is 0.224 e. The molecule has 0 atom stereocenters. The van der Waals surface area contributed by atoms with Crippen LogP contribution < -0.4 is 15.8 Å². The maximum atomic E-state index is 13.3. The van der Waals surface area contributed by atoms with Crippen LogP contribution in [0.1, 0.15) is 46.0 Å². The molecule has 1 rings (SSSR count). The Morgan fingerprint density at radius 2 is 1.95 bits per heavy atom. The van der Waals surface area contributed by atoms with Crippen molar-refractivity contribution in [2.75, 3.05) is 11.9 Å². The van der Waals surface area contributed by atoms with Crippen LogP contribution in [0.5, 0.6) is 5.75 Å². The number of hydrogen-bond acceptors (Lipinski definition) is 3. The molecule has 0 aliphatic rings. The van der Waals surface area contributed by atoms with Crippen molar-refractivity contribution in [3.8, 4) is 5.75 Å². The normalized spacial score (nSPS) is 10.2. The Hall–Kier alpha value is -1.33. The lowest BCUT2D eigenvalue weighted by Gasteiger charge is -2.15. The van der Waals surface area contributed by atoms with Gasteiger partial charge < -0.3 is 15.8 Å². The summed E-state index contributed by atoms with van der Waals surface area (Å²) in [5.41, 5.74) is 5.80. The van der Waals surface area contributed by atoms with E-state index in [1.54, 1.807) is 0 Å². The molecule has 1 amide bonds. The highest BCUT2D eigenvalue weighted by Gasteiger charge is 2.10. The summed E-state index contributed by atoms with van der Waals surface area (Å²) >= 11 is 0. The number of hydrogen-bond donors (Lipinski definition) is 2. The molecule has 1 aromatic rings. The Labute approximate surface area is 138 Å². The standard InChI is InChI=1S/C16H25FN2O2.ClH/c1-12(2)21-15-9-8-13(17)11-14(15)19-16(20)7-5-3-4-6-10-18;/h8-9,11-12H,3-7,10,18H2,1-2H3,(H,19,20);1H. The van der Waals surface area contributed by atoms with E-state index < -0.39 is 5.82 Å². The average molecular weight is 333 g/mol. The number of nitrogens with one attached hydrogen (secondary N) is 1. The molecule has 1 aromatic carbocycles. The summed E-state index contributed by atoms with van der Waals surface area (Å²) in [6.07, 6.45) is 4.18. The van der Waals surface area contributed by atoms with Crippen molar-refractivity contribution >= 4 is 24.0 Å². The second kappa shape index (κ2) is 11.3. The van der Waals surface area contributed by atoms with E-state index in [1.165, 1.54) is 18.2 Å². The SMILES string of the molecule is CC(C)Oc1ccc(F)cc1NC(=O)CCCCCCN.Cl. The van der Waals surface area contributed by atoms with Gasteiger partial charge in [0.25, 0.3) is 0 Å². The van der Waals surface area contributed by atoms with Crippen molar-refractivity contribution in [1.29, 1.82) is 0 Å². The molecule has 0 aliphatic heterocycles. The van der Waals surface area contributed by atoms with E-state index in [-0.39, 0.29) is 24.4 Å². The Kier molecular flexibility index (Phi) is 10.6. The van der Waals surface area contributed by atoms with Gasteiger partial charge in [-0.25, -0.2) is 4.39 Å². The first kappa shape index (κ1) is 20.7. The number of benzene rings is 1. The number of halogens is 2. The molecule has 4 nitrogen and oxygen atoms in total. The predicted octanol–water partition coefficient (Wildman–Crippen LogP) is 3.88. The van der Waals surface area contributed by atoms with Gasteiger partial charge in [-0.05, 0) is 45.4 Å². The van der Waals surface area contributed by atoms with Gasteiger partial charge >= 0.3 is 0 Å². The van der Waals surface area contributed by atoms with Crippen LogP contribution in [0, 0.1) is 5.82 Å². The van der Waals surface area contributed by atoms with Crippen molar-refractivity contribution in [3.63, 3.8) is 0 Å². The van der Waals surface area contributed by atoms with Gasteiger partial charge in [0.05, 0.1) is 11.8 Å². The minimum absolute atomic E-state index is 0. The zero-order chi connectivity index (χ0) is 15.7. The maximum absolute atomic E-state index is 13.3. The molecule has 0 spiro atoms. The molecule has 0 fully saturated rings. The van der Waals surface area contributed by atoms with Gasteiger partial charge in [0.1, 0.15) is 11.6 Å². The van der Waals surface area contributed by atoms with E-state index in [2.05, 4.69) is 5.32 Å². The van der Waals surface area contributed by atoms with E-state index >= 15 is 0 Å². The maximum Gasteiger partial charge on any atom is 0.224 e. The Bertz CT molecular complexity index is 456. The van der Waals surface area contributed by atoms with Crippen LogP contribution in [-0.4, -0.2) is 18.6 Å². The minimum Gasteiger partial charge on any atom is -0.489 e. The number of carbonyl (C=O) groups is 1. The first-order chi connectivity index (χ1) is 10.0. The molecule has 6 heteroatoms. The molecule has 126 valence electrons. The molecule has 3 N–H and O–H groups in total. The quantitative estimate of drug-likeness (QED) is 0.674. The van der Waals surface area contributed by atoms with Gasteiger partial charge in [0.15, 0.2) is 0 Å². The number of ether oxygens (including phenoxy) is 1. The van der Waals surface area contributed by atoms with Crippen molar-refractivity contribution in [2.24, 2.45) is 5.73 Å². The van der Waals surface area contributed by atoms with Gasteiger partial charge in [-0.2, -0.15) is 0 Å². The minimum atomic E-state index is -0.399. The summed E-state index contributed by atoms with van der Waals surface area (Å²) in [5, 5.41) is 2.72. The molecular weight excluding hydrogens is 307 g/mol. The summed E-state index contributed by atoms with van der Waals surface area (Å²) in [4.78, 5) is 11.9. The number of amides is 1. The Morgan fingerprint density at radius 1 is 1.27 bits per heavy atom. The lowest BCUT2D eigenvalue weighted by molar-refractivity contribution is -0.116. The summed E-state index contributed by atoms with van der Waals surface area (Å²) in [6.45, 7) is 4.45. The van der Waals surface area contributed by atoms with E-state index in [1.807, 2.05) is 13.8 Å². The Morgan fingerprint density at radius 3 is 2.59 bits per heavy atom. The van der Waals surface area contributed by atoms with Crippen LogP contribution in [-0.2, 0) is 4.79 Å². The van der Waals surface area contributed by atoms with Crippen LogP contribution in [0.3, 0.4) is 0 Å². The fraction of sp³-hybridized carbons (Fsp3) is 0.562. The number of carbonyl (C=O) groups excluding carboxylic acids is 1. The van der Waals surface area contributed by atoms with E-state index in [4.69, 9.17) is 10.5 Å². The number of nitrogens with two attached hydrogens (primary N) is 1. The summed E-state index contributed by atoms with van der Waals surface area (Å²) in [6, 6.07) is 4.14. The van der Waals surface area contributed by atoms with E-state index in [0.717, 1.165) is 25.7 Å². The van der Waals surface area contributed by atoms with Gasteiger partial charge in [0, 0.05) is 12.5 Å². The second-order valence-corrected chi connectivity index (χ2v) is 5.31. The molecule has 0 unspecified atom stereocenters. The number of anilines is 1. The van der Waals surface area contributed by atoms with Gasteiger partial charge in [0.2, 0.25) is 5.91 Å².